The van der Waals surface area contributed by atoms with E-state index in [1.165, 1.54) is 0 Å². The van der Waals surface area contributed by atoms with Gasteiger partial charge in [-0.2, -0.15) is 0 Å². The number of ketones is 1. The number of benzene rings is 2. The lowest BCUT2D eigenvalue weighted by Crippen LogP contribution is -2.45. The fraction of sp³-hybridized carbons (Fsp3) is 0.350. The zero-order chi connectivity index (χ0) is 16.2. The molecule has 0 saturated heterocycles. The minimum absolute atomic E-state index is 0.109. The lowest BCUT2D eigenvalue weighted by atomic mass is 9.93. The summed E-state index contributed by atoms with van der Waals surface area (Å²) in [7, 11) is 0. The summed E-state index contributed by atoms with van der Waals surface area (Å²) in [6, 6.07) is 20.2. The maximum absolute atomic E-state index is 12.7. The maximum Gasteiger partial charge on any atom is 0.154 e. The number of nitrogens with zero attached hydrogens (tertiary/aromatic N) is 1. The van der Waals surface area contributed by atoms with E-state index in [0.29, 0.717) is 11.7 Å². The fourth-order valence-corrected chi connectivity index (χ4v) is 3.29. The molecule has 3 rings (SSSR count). The predicted molar refractivity (Wildman–Crippen MR) is 94.5 cm³/mol. The van der Waals surface area contributed by atoms with Crippen LogP contribution in [0.3, 0.4) is 0 Å². The molecule has 0 aliphatic heterocycles. The topological polar surface area (TPSA) is 32.3 Å². The minimum Gasteiger partial charge on any atom is -0.298 e. The highest BCUT2D eigenvalue weighted by molar-refractivity contribution is 5.89. The van der Waals surface area contributed by atoms with E-state index >= 15 is 0 Å². The Morgan fingerprint density at radius 2 is 1.43 bits per heavy atom. The van der Waals surface area contributed by atoms with Crippen molar-refractivity contribution < 1.29 is 4.79 Å². The van der Waals surface area contributed by atoms with Gasteiger partial charge in [0.15, 0.2) is 5.78 Å². The first-order valence-electron chi connectivity index (χ1n) is 8.37. The minimum atomic E-state index is -0.109. The molecule has 1 fully saturated rings. The highest BCUT2D eigenvalue weighted by atomic mass is 16.1. The Bertz CT molecular complexity index is 600. The van der Waals surface area contributed by atoms with Crippen LogP contribution >= 0.6 is 0 Å². The summed E-state index contributed by atoms with van der Waals surface area (Å²) in [4.78, 5) is 12.7. The van der Waals surface area contributed by atoms with E-state index < -0.39 is 0 Å². The zero-order valence-electron chi connectivity index (χ0n) is 13.8. The number of rotatable bonds is 5. The number of hydrogen-bond donors (Lipinski definition) is 1. The molecule has 1 N–H and O–H groups in total. The number of Topliss-reactive ketones (excluding diaryl/α,β-unsaturated/α-hetero) is 1. The van der Waals surface area contributed by atoms with Crippen molar-refractivity contribution in [1.82, 2.24) is 5.43 Å². The molecule has 1 aliphatic carbocycles. The zero-order valence-corrected chi connectivity index (χ0v) is 13.8. The summed E-state index contributed by atoms with van der Waals surface area (Å²) in [5, 5.41) is 2.03. The Morgan fingerprint density at radius 1 is 0.913 bits per heavy atom. The Labute approximate surface area is 138 Å². The van der Waals surface area contributed by atoms with Crippen LogP contribution in [0.15, 0.2) is 60.7 Å². The van der Waals surface area contributed by atoms with Crippen molar-refractivity contribution >= 4 is 17.2 Å². The number of anilines is 2. The molecule has 3 nitrogen and oxygen atoms in total. The van der Waals surface area contributed by atoms with Crippen LogP contribution in [0.5, 0.6) is 0 Å². The van der Waals surface area contributed by atoms with Gasteiger partial charge in [0.2, 0.25) is 0 Å². The second kappa shape index (κ2) is 6.97. The van der Waals surface area contributed by atoms with Gasteiger partial charge in [-0.05, 0) is 43.0 Å². The summed E-state index contributed by atoms with van der Waals surface area (Å²) in [5.41, 5.74) is 5.55. The molecule has 2 atom stereocenters. The number of nitrogens with one attached hydrogen (secondary N) is 1. The van der Waals surface area contributed by atoms with Crippen molar-refractivity contribution in [1.29, 1.82) is 0 Å². The normalized spacial score (nSPS) is 20.9. The lowest BCUT2D eigenvalue weighted by Gasteiger charge is -2.29. The van der Waals surface area contributed by atoms with Crippen LogP contribution in [0, 0.1) is 11.8 Å². The van der Waals surface area contributed by atoms with Crippen LogP contribution in [0.4, 0.5) is 11.4 Å². The Balaban J connectivity index is 1.85. The number of carbonyl (C=O) groups is 1. The third-order valence-corrected chi connectivity index (χ3v) is 4.59. The number of para-hydroxylation sites is 2. The van der Waals surface area contributed by atoms with Gasteiger partial charge in [0.1, 0.15) is 0 Å². The molecule has 23 heavy (non-hydrogen) atoms. The van der Waals surface area contributed by atoms with Gasteiger partial charge in [-0.15, -0.1) is 0 Å². The second-order valence-electron chi connectivity index (χ2n) is 6.52. The summed E-state index contributed by atoms with van der Waals surface area (Å²) in [6.07, 6.45) is 1.88. The molecule has 120 valence electrons. The van der Waals surface area contributed by atoms with Gasteiger partial charge in [-0.25, -0.2) is 5.43 Å². The molecule has 0 spiro atoms. The van der Waals surface area contributed by atoms with Crippen molar-refractivity contribution in [2.24, 2.45) is 11.8 Å². The van der Waals surface area contributed by atoms with E-state index in [0.717, 1.165) is 24.2 Å². The number of hydrogen-bond acceptors (Lipinski definition) is 3. The molecule has 0 radical (unpaired) electrons. The molecule has 0 heterocycles. The average molecular weight is 308 g/mol. The molecule has 0 bridgehead atoms. The Kier molecular flexibility index (Phi) is 4.77. The quantitative estimate of drug-likeness (QED) is 0.834. The second-order valence-corrected chi connectivity index (χ2v) is 6.52. The van der Waals surface area contributed by atoms with Gasteiger partial charge >= 0.3 is 0 Å². The van der Waals surface area contributed by atoms with Crippen LogP contribution in [-0.4, -0.2) is 11.8 Å². The van der Waals surface area contributed by atoms with Crippen LogP contribution in [-0.2, 0) is 4.79 Å². The van der Waals surface area contributed by atoms with Crippen molar-refractivity contribution in [3.05, 3.63) is 60.7 Å². The lowest BCUT2D eigenvalue weighted by molar-refractivity contribution is -0.123. The molecule has 3 heteroatoms. The van der Waals surface area contributed by atoms with Crippen molar-refractivity contribution in [2.45, 2.75) is 32.7 Å². The maximum atomic E-state index is 12.7. The van der Waals surface area contributed by atoms with Crippen molar-refractivity contribution in [2.75, 3.05) is 5.01 Å². The molecule has 1 aliphatic rings. The average Bonchev–Trinajstić information content (AvgIpc) is 2.95. The first-order chi connectivity index (χ1) is 11.2. The van der Waals surface area contributed by atoms with E-state index in [1.54, 1.807) is 0 Å². The summed E-state index contributed by atoms with van der Waals surface area (Å²) in [6.45, 7) is 4.27. The smallest absolute Gasteiger partial charge is 0.154 e. The molecule has 2 aromatic rings. The van der Waals surface area contributed by atoms with Gasteiger partial charge in [-0.3, -0.25) is 9.80 Å². The van der Waals surface area contributed by atoms with Crippen molar-refractivity contribution in [3.8, 4) is 0 Å². The van der Waals surface area contributed by atoms with Gasteiger partial charge in [0, 0.05) is 5.92 Å². The van der Waals surface area contributed by atoms with Crippen LogP contribution in [0.2, 0.25) is 0 Å². The number of carbonyl (C=O) groups excluding carboxylic acids is 1. The third-order valence-electron chi connectivity index (χ3n) is 4.59. The standard InChI is InChI=1S/C20H24N2O/c1-15(2)18-13-14-19(20(18)23)21-22(16-9-5-3-6-10-16)17-11-7-4-8-12-17/h3-12,15,18-19,21H,13-14H2,1-2H3/t18-,19+/m0/s1. The molecule has 2 aromatic carbocycles. The molecule has 0 amide bonds. The van der Waals surface area contributed by atoms with Gasteiger partial charge in [-0.1, -0.05) is 50.2 Å². The molecule has 0 unspecified atom stereocenters. The summed E-state index contributed by atoms with van der Waals surface area (Å²) >= 11 is 0. The predicted octanol–water partition coefficient (Wildman–Crippen LogP) is 4.33. The van der Waals surface area contributed by atoms with E-state index in [2.05, 4.69) is 43.5 Å². The first-order valence-corrected chi connectivity index (χ1v) is 8.37. The summed E-state index contributed by atoms with van der Waals surface area (Å²) in [5.74, 6) is 0.939. The van der Waals surface area contributed by atoms with Gasteiger partial charge < -0.3 is 0 Å². The highest BCUT2D eigenvalue weighted by Gasteiger charge is 2.36. The molecular weight excluding hydrogens is 284 g/mol. The molecule has 0 aromatic heterocycles. The van der Waals surface area contributed by atoms with Gasteiger partial charge in [0.05, 0.1) is 17.4 Å². The monoisotopic (exact) mass is 308 g/mol. The van der Waals surface area contributed by atoms with E-state index in [9.17, 15) is 4.79 Å². The number of hydrazine groups is 1. The third kappa shape index (κ3) is 3.45. The Hall–Kier alpha value is -2.13. The summed E-state index contributed by atoms with van der Waals surface area (Å²) < 4.78 is 0. The molecule has 1 saturated carbocycles. The largest absolute Gasteiger partial charge is 0.298 e. The van der Waals surface area contributed by atoms with Gasteiger partial charge in [0.25, 0.3) is 0 Å². The van der Waals surface area contributed by atoms with E-state index in [1.807, 2.05) is 41.4 Å². The fourth-order valence-electron chi connectivity index (χ4n) is 3.29. The van der Waals surface area contributed by atoms with Crippen LogP contribution < -0.4 is 10.4 Å². The molecular formula is C20H24N2O. The van der Waals surface area contributed by atoms with E-state index in [4.69, 9.17) is 0 Å². The Morgan fingerprint density at radius 3 is 1.87 bits per heavy atom. The van der Waals surface area contributed by atoms with Crippen molar-refractivity contribution in [3.63, 3.8) is 0 Å². The van der Waals surface area contributed by atoms with E-state index in [-0.39, 0.29) is 12.0 Å². The SMILES string of the molecule is CC(C)[C@@H]1CC[C@@H](NN(c2ccccc2)c2ccccc2)C1=O. The van der Waals surface area contributed by atoms with Crippen LogP contribution in [0.1, 0.15) is 26.7 Å². The first kappa shape index (κ1) is 15.8. The van der Waals surface area contributed by atoms with Crippen LogP contribution in [0.25, 0.3) is 0 Å². The highest BCUT2D eigenvalue weighted by Crippen LogP contribution is 2.30.